The lowest BCUT2D eigenvalue weighted by Gasteiger charge is -2.12. The molecule has 0 fully saturated rings. The fraction of sp³-hybridized carbons (Fsp3) is 0.143. The van der Waals surface area contributed by atoms with Gasteiger partial charge in [-0.2, -0.15) is 0 Å². The van der Waals surface area contributed by atoms with Crippen molar-refractivity contribution in [3.05, 3.63) is 87.8 Å². The second-order valence-corrected chi connectivity index (χ2v) is 7.30. The van der Waals surface area contributed by atoms with Crippen LogP contribution in [-0.4, -0.2) is 14.5 Å². The monoisotopic (exact) mass is 361 g/mol. The average Bonchev–Trinajstić information content (AvgIpc) is 3.03. The van der Waals surface area contributed by atoms with Crippen molar-refractivity contribution in [2.45, 2.75) is 24.8 Å². The number of aromatic amines is 1. The number of nitrogens with one attached hydrogen (secondary N) is 1. The van der Waals surface area contributed by atoms with Crippen LogP contribution < -0.4 is 5.56 Å². The first kappa shape index (κ1) is 16.7. The number of benzene rings is 2. The second kappa shape index (κ2) is 6.84. The number of H-pyrrole nitrogens is 1. The van der Waals surface area contributed by atoms with Crippen LogP contribution in [0.1, 0.15) is 16.8 Å². The van der Waals surface area contributed by atoms with Gasteiger partial charge in [-0.15, -0.1) is 0 Å². The van der Waals surface area contributed by atoms with Crippen LogP contribution in [0.5, 0.6) is 0 Å². The van der Waals surface area contributed by atoms with Crippen molar-refractivity contribution in [2.75, 3.05) is 0 Å². The van der Waals surface area contributed by atoms with E-state index in [1.165, 1.54) is 11.1 Å². The first-order valence-corrected chi connectivity index (χ1v) is 9.46. The number of thioether (sulfide) groups is 1. The molecule has 0 atom stereocenters. The lowest BCUT2D eigenvalue weighted by molar-refractivity contribution is 0.818. The summed E-state index contributed by atoms with van der Waals surface area (Å²) in [6.07, 6.45) is 0. The van der Waals surface area contributed by atoms with Gasteiger partial charge >= 0.3 is 0 Å². The minimum absolute atomic E-state index is 0.0688. The van der Waals surface area contributed by atoms with E-state index in [4.69, 9.17) is 4.98 Å². The summed E-state index contributed by atoms with van der Waals surface area (Å²) < 4.78 is 1.69. The van der Waals surface area contributed by atoms with Crippen molar-refractivity contribution in [2.24, 2.45) is 0 Å². The van der Waals surface area contributed by atoms with Crippen LogP contribution in [0.4, 0.5) is 0 Å². The van der Waals surface area contributed by atoms with Crippen LogP contribution in [0.15, 0.2) is 70.6 Å². The van der Waals surface area contributed by atoms with Gasteiger partial charge in [0.2, 0.25) is 0 Å². The van der Waals surface area contributed by atoms with Crippen LogP contribution in [0.3, 0.4) is 0 Å². The molecule has 0 saturated carbocycles. The predicted molar refractivity (Wildman–Crippen MR) is 107 cm³/mol. The standard InChI is InChI=1S/C21H19N3OS/c1-14-8-10-16(11-9-14)13-26-21-23-18-12-15(2)22-19(18)20(25)24(21)17-6-4-3-5-7-17/h3-12,22H,13H2,1-2H3. The van der Waals surface area contributed by atoms with E-state index in [0.29, 0.717) is 16.2 Å². The molecule has 2 aromatic carbocycles. The van der Waals surface area contributed by atoms with Crippen molar-refractivity contribution in [1.82, 2.24) is 14.5 Å². The molecule has 130 valence electrons. The number of hydrogen-bond donors (Lipinski definition) is 1. The van der Waals surface area contributed by atoms with Crippen molar-refractivity contribution in [1.29, 1.82) is 0 Å². The van der Waals surface area contributed by atoms with Gasteiger partial charge in [-0.3, -0.25) is 9.36 Å². The van der Waals surface area contributed by atoms with E-state index in [1.807, 2.05) is 43.3 Å². The van der Waals surface area contributed by atoms with Gasteiger partial charge in [0, 0.05) is 11.4 Å². The minimum atomic E-state index is -0.0688. The molecule has 0 aliphatic heterocycles. The molecule has 0 unspecified atom stereocenters. The van der Waals surface area contributed by atoms with Crippen molar-refractivity contribution in [3.63, 3.8) is 0 Å². The first-order valence-electron chi connectivity index (χ1n) is 8.48. The third-order valence-electron chi connectivity index (χ3n) is 4.26. The van der Waals surface area contributed by atoms with Crippen LogP contribution >= 0.6 is 11.8 Å². The van der Waals surface area contributed by atoms with Gasteiger partial charge in [0.25, 0.3) is 5.56 Å². The Morgan fingerprint density at radius 1 is 1.04 bits per heavy atom. The zero-order valence-corrected chi connectivity index (χ0v) is 15.5. The highest BCUT2D eigenvalue weighted by Gasteiger charge is 2.15. The Labute approximate surface area is 155 Å². The summed E-state index contributed by atoms with van der Waals surface area (Å²) >= 11 is 1.58. The summed E-state index contributed by atoms with van der Waals surface area (Å²) in [4.78, 5) is 21.0. The molecule has 0 radical (unpaired) electrons. The smallest absolute Gasteiger partial charge is 0.283 e. The van der Waals surface area contributed by atoms with Gasteiger partial charge in [0.15, 0.2) is 5.16 Å². The average molecular weight is 361 g/mol. The lowest BCUT2D eigenvalue weighted by Crippen LogP contribution is -2.21. The lowest BCUT2D eigenvalue weighted by atomic mass is 10.2. The summed E-state index contributed by atoms with van der Waals surface area (Å²) in [6, 6.07) is 20.0. The summed E-state index contributed by atoms with van der Waals surface area (Å²) in [6.45, 7) is 4.01. The van der Waals surface area contributed by atoms with Gasteiger partial charge in [-0.25, -0.2) is 4.98 Å². The highest BCUT2D eigenvalue weighted by atomic mass is 32.2. The molecule has 0 bridgehead atoms. The maximum absolute atomic E-state index is 13.1. The minimum Gasteiger partial charge on any atom is -0.353 e. The van der Waals surface area contributed by atoms with Gasteiger partial charge in [-0.1, -0.05) is 59.8 Å². The molecule has 26 heavy (non-hydrogen) atoms. The molecule has 0 amide bonds. The SMILES string of the molecule is Cc1ccc(CSc2nc3cc(C)[nH]c3c(=O)n2-c2ccccc2)cc1. The summed E-state index contributed by atoms with van der Waals surface area (Å²) in [5, 5.41) is 0.702. The molecule has 4 rings (SSSR count). The molecule has 2 heterocycles. The first-order chi connectivity index (χ1) is 12.6. The maximum Gasteiger partial charge on any atom is 0.283 e. The van der Waals surface area contributed by atoms with Crippen molar-refractivity contribution in [3.8, 4) is 5.69 Å². The number of aromatic nitrogens is 3. The maximum atomic E-state index is 13.1. The van der Waals surface area contributed by atoms with Crippen molar-refractivity contribution >= 4 is 22.8 Å². The summed E-state index contributed by atoms with van der Waals surface area (Å²) in [5.74, 6) is 0.758. The third kappa shape index (κ3) is 3.18. The van der Waals surface area contributed by atoms with Crippen LogP contribution in [0.25, 0.3) is 16.7 Å². The van der Waals surface area contributed by atoms with E-state index >= 15 is 0 Å². The molecule has 0 aliphatic rings. The van der Waals surface area contributed by atoms with Crippen molar-refractivity contribution < 1.29 is 0 Å². The van der Waals surface area contributed by atoms with Crippen LogP contribution in [-0.2, 0) is 5.75 Å². The molecule has 4 nitrogen and oxygen atoms in total. The zero-order chi connectivity index (χ0) is 18.1. The Kier molecular flexibility index (Phi) is 4.39. The second-order valence-electron chi connectivity index (χ2n) is 6.36. The number of fused-ring (bicyclic) bond motifs is 1. The molecule has 0 saturated heterocycles. The predicted octanol–water partition coefficient (Wildman–Crippen LogP) is 4.62. The van der Waals surface area contributed by atoms with E-state index in [1.54, 1.807) is 16.3 Å². The zero-order valence-electron chi connectivity index (χ0n) is 14.7. The highest BCUT2D eigenvalue weighted by Crippen LogP contribution is 2.25. The normalized spacial score (nSPS) is 11.2. The van der Waals surface area contributed by atoms with Gasteiger partial charge in [-0.05, 0) is 37.6 Å². The molecule has 5 heteroatoms. The number of hydrogen-bond acceptors (Lipinski definition) is 3. The third-order valence-corrected chi connectivity index (χ3v) is 5.27. The summed E-state index contributed by atoms with van der Waals surface area (Å²) in [7, 11) is 0. The number of rotatable bonds is 4. The summed E-state index contributed by atoms with van der Waals surface area (Å²) in [5.41, 5.74) is 5.40. The fourth-order valence-corrected chi connectivity index (χ4v) is 3.88. The number of aryl methyl sites for hydroxylation is 2. The van der Waals surface area contributed by atoms with E-state index in [0.717, 1.165) is 17.1 Å². The van der Waals surface area contributed by atoms with Crippen LogP contribution in [0, 0.1) is 13.8 Å². The Morgan fingerprint density at radius 3 is 2.50 bits per heavy atom. The topological polar surface area (TPSA) is 50.7 Å². The van der Waals surface area contributed by atoms with E-state index in [2.05, 4.69) is 36.2 Å². The molecule has 1 N–H and O–H groups in total. The Balaban J connectivity index is 1.81. The van der Waals surface area contributed by atoms with Gasteiger partial charge in [0.05, 0.1) is 11.2 Å². The van der Waals surface area contributed by atoms with Gasteiger partial charge < -0.3 is 4.98 Å². The van der Waals surface area contributed by atoms with E-state index < -0.39 is 0 Å². The largest absolute Gasteiger partial charge is 0.353 e. The Bertz CT molecular complexity index is 1110. The number of para-hydroxylation sites is 1. The molecule has 0 aliphatic carbocycles. The quantitative estimate of drug-likeness (QED) is 0.426. The van der Waals surface area contributed by atoms with Gasteiger partial charge in [0.1, 0.15) is 5.52 Å². The molecule has 0 spiro atoms. The fourth-order valence-electron chi connectivity index (χ4n) is 2.91. The van der Waals surface area contributed by atoms with E-state index in [-0.39, 0.29) is 5.56 Å². The van der Waals surface area contributed by atoms with Crippen LogP contribution in [0.2, 0.25) is 0 Å². The molecule has 2 aromatic heterocycles. The molecular formula is C21H19N3OS. The molecule has 4 aromatic rings. The molecular weight excluding hydrogens is 342 g/mol. The Hall–Kier alpha value is -2.79. The van der Waals surface area contributed by atoms with E-state index in [9.17, 15) is 4.79 Å². The number of nitrogens with zero attached hydrogens (tertiary/aromatic N) is 2. The Morgan fingerprint density at radius 2 is 1.77 bits per heavy atom. The highest BCUT2D eigenvalue weighted by molar-refractivity contribution is 7.98.